The van der Waals surface area contributed by atoms with Gasteiger partial charge in [0.2, 0.25) is 0 Å². The van der Waals surface area contributed by atoms with Crippen LogP contribution in [0.3, 0.4) is 0 Å². The van der Waals surface area contributed by atoms with Gasteiger partial charge in [-0.2, -0.15) is 0 Å². The average Bonchev–Trinajstić information content (AvgIpc) is 3.12. The summed E-state index contributed by atoms with van der Waals surface area (Å²) in [5.74, 6) is 0.190. The first-order valence-electron chi connectivity index (χ1n) is 6.08. The molecule has 0 saturated heterocycles. The van der Waals surface area contributed by atoms with Crippen molar-refractivity contribution in [2.24, 2.45) is 5.92 Å². The lowest BCUT2D eigenvalue weighted by molar-refractivity contribution is -0.385. The third-order valence-corrected chi connectivity index (χ3v) is 3.26. The highest BCUT2D eigenvalue weighted by atomic mass is 35.5. The molecule has 1 amide bonds. The molecule has 7 heteroatoms. The summed E-state index contributed by atoms with van der Waals surface area (Å²) in [7, 11) is 0. The smallest absolute Gasteiger partial charge is 0.300 e. The number of nitro groups is 1. The van der Waals surface area contributed by atoms with Crippen molar-refractivity contribution >= 4 is 23.2 Å². The molecule has 1 heterocycles. The van der Waals surface area contributed by atoms with Crippen LogP contribution >= 0.6 is 11.6 Å². The van der Waals surface area contributed by atoms with Crippen LogP contribution in [0.2, 0.25) is 5.15 Å². The number of halogens is 1. The minimum absolute atomic E-state index is 0.00783. The summed E-state index contributed by atoms with van der Waals surface area (Å²) in [6.45, 7) is 1.89. The Balaban J connectivity index is 2.12. The van der Waals surface area contributed by atoms with E-state index in [1.165, 1.54) is 18.9 Å². The van der Waals surface area contributed by atoms with Gasteiger partial charge in [0.25, 0.3) is 11.6 Å². The van der Waals surface area contributed by atoms with Gasteiger partial charge in [-0.1, -0.05) is 24.4 Å². The second-order valence-electron chi connectivity index (χ2n) is 4.83. The largest absolute Gasteiger partial charge is 0.349 e. The van der Waals surface area contributed by atoms with E-state index in [1.54, 1.807) is 0 Å². The highest BCUT2D eigenvalue weighted by Crippen LogP contribution is 2.33. The van der Waals surface area contributed by atoms with Crippen LogP contribution in [0.25, 0.3) is 0 Å². The van der Waals surface area contributed by atoms with E-state index in [2.05, 4.69) is 10.3 Å². The molecule has 1 unspecified atom stereocenters. The summed E-state index contributed by atoms with van der Waals surface area (Å²) in [5.41, 5.74) is -0.381. The van der Waals surface area contributed by atoms with Crippen LogP contribution in [0, 0.1) is 16.0 Å². The number of carbonyl (C=O) groups excluding carboxylic acids is 1. The van der Waals surface area contributed by atoms with Crippen LogP contribution in [0.5, 0.6) is 0 Å². The molecule has 0 radical (unpaired) electrons. The van der Waals surface area contributed by atoms with E-state index in [1.807, 2.05) is 6.92 Å². The molecule has 1 atom stereocenters. The quantitative estimate of drug-likeness (QED) is 0.511. The molecular weight excluding hydrogens is 270 g/mol. The van der Waals surface area contributed by atoms with E-state index >= 15 is 0 Å². The lowest BCUT2D eigenvalue weighted by atomic mass is 10.1. The Morgan fingerprint density at radius 3 is 2.95 bits per heavy atom. The van der Waals surface area contributed by atoms with Crippen LogP contribution < -0.4 is 5.32 Å². The molecule has 1 saturated carbocycles. The van der Waals surface area contributed by atoms with E-state index in [0.717, 1.165) is 12.6 Å². The van der Waals surface area contributed by atoms with Crippen LogP contribution in [-0.4, -0.2) is 21.9 Å². The number of amides is 1. The molecule has 2 rings (SSSR count). The van der Waals surface area contributed by atoms with Gasteiger partial charge in [0, 0.05) is 6.04 Å². The summed E-state index contributed by atoms with van der Waals surface area (Å²) < 4.78 is 0. The van der Waals surface area contributed by atoms with E-state index in [9.17, 15) is 14.9 Å². The molecule has 1 aromatic heterocycles. The molecule has 0 bridgehead atoms. The van der Waals surface area contributed by atoms with Gasteiger partial charge in [0.15, 0.2) is 0 Å². The van der Waals surface area contributed by atoms with Gasteiger partial charge in [0.1, 0.15) is 16.9 Å². The third kappa shape index (κ3) is 3.64. The standard InChI is InChI=1S/C12H14ClN3O3/c1-7(4-8-2-3-8)15-12(17)9-5-11(13)14-6-10(9)16(18)19/h5-8H,2-4H2,1H3,(H,15,17). The second-order valence-corrected chi connectivity index (χ2v) is 5.22. The summed E-state index contributed by atoms with van der Waals surface area (Å²) in [5, 5.41) is 13.7. The van der Waals surface area contributed by atoms with Crippen LogP contribution in [-0.2, 0) is 0 Å². The molecule has 1 aliphatic carbocycles. The molecule has 19 heavy (non-hydrogen) atoms. The second kappa shape index (κ2) is 5.52. The molecule has 0 spiro atoms. The Hall–Kier alpha value is -1.69. The number of hydrogen-bond acceptors (Lipinski definition) is 4. The van der Waals surface area contributed by atoms with Crippen molar-refractivity contribution in [1.29, 1.82) is 0 Å². The average molecular weight is 284 g/mol. The molecule has 6 nitrogen and oxygen atoms in total. The maximum Gasteiger partial charge on any atom is 0.300 e. The highest BCUT2D eigenvalue weighted by Gasteiger charge is 2.26. The summed E-state index contributed by atoms with van der Waals surface area (Å²) >= 11 is 5.68. The number of hydrogen-bond donors (Lipinski definition) is 1. The number of aromatic nitrogens is 1. The van der Waals surface area contributed by atoms with Gasteiger partial charge in [-0.3, -0.25) is 14.9 Å². The third-order valence-electron chi connectivity index (χ3n) is 3.05. The molecule has 1 fully saturated rings. The van der Waals surface area contributed by atoms with Gasteiger partial charge in [-0.05, 0) is 25.3 Å². The topological polar surface area (TPSA) is 85.1 Å². The maximum absolute atomic E-state index is 12.0. The van der Waals surface area contributed by atoms with Gasteiger partial charge in [0.05, 0.1) is 4.92 Å². The summed E-state index contributed by atoms with van der Waals surface area (Å²) in [4.78, 5) is 25.9. The first-order chi connectivity index (χ1) is 8.97. The van der Waals surface area contributed by atoms with Crippen molar-refractivity contribution in [3.63, 3.8) is 0 Å². The fourth-order valence-corrected chi connectivity index (χ4v) is 2.12. The van der Waals surface area contributed by atoms with E-state index in [-0.39, 0.29) is 22.4 Å². The van der Waals surface area contributed by atoms with Crippen molar-refractivity contribution in [3.8, 4) is 0 Å². The van der Waals surface area contributed by atoms with Crippen molar-refractivity contribution < 1.29 is 9.72 Å². The monoisotopic (exact) mass is 283 g/mol. The van der Waals surface area contributed by atoms with Crippen molar-refractivity contribution in [2.75, 3.05) is 0 Å². The van der Waals surface area contributed by atoms with Crippen LogP contribution in [0.1, 0.15) is 36.5 Å². The minimum Gasteiger partial charge on any atom is -0.349 e. The Morgan fingerprint density at radius 1 is 1.68 bits per heavy atom. The number of nitrogens with one attached hydrogen (secondary N) is 1. The summed E-state index contributed by atoms with van der Waals surface area (Å²) in [6, 6.07) is 1.21. The first-order valence-corrected chi connectivity index (χ1v) is 6.46. The van der Waals surface area contributed by atoms with Crippen molar-refractivity contribution in [2.45, 2.75) is 32.2 Å². The fourth-order valence-electron chi connectivity index (χ4n) is 1.96. The molecule has 1 aromatic rings. The molecule has 102 valence electrons. The summed E-state index contributed by atoms with van der Waals surface area (Å²) in [6.07, 6.45) is 4.30. The lowest BCUT2D eigenvalue weighted by Gasteiger charge is -2.13. The SMILES string of the molecule is CC(CC1CC1)NC(=O)c1cc(Cl)ncc1[N+](=O)[O-]. The minimum atomic E-state index is -0.635. The molecule has 0 aromatic carbocycles. The first kappa shape index (κ1) is 13.7. The highest BCUT2D eigenvalue weighted by molar-refractivity contribution is 6.29. The normalized spacial score (nSPS) is 15.9. The maximum atomic E-state index is 12.0. The molecular formula is C12H14ClN3O3. The Morgan fingerprint density at radius 2 is 2.37 bits per heavy atom. The van der Waals surface area contributed by atoms with Crippen LogP contribution in [0.4, 0.5) is 5.69 Å². The lowest BCUT2D eigenvalue weighted by Crippen LogP contribution is -2.33. The Kier molecular flexibility index (Phi) is 3.99. The number of rotatable bonds is 5. The predicted octanol–water partition coefficient (Wildman–Crippen LogP) is 2.56. The van der Waals surface area contributed by atoms with Gasteiger partial charge < -0.3 is 5.32 Å². The van der Waals surface area contributed by atoms with Crippen LogP contribution in [0.15, 0.2) is 12.3 Å². The number of carbonyl (C=O) groups is 1. The van der Waals surface area contributed by atoms with E-state index in [4.69, 9.17) is 11.6 Å². The Bertz CT molecular complexity index is 517. The van der Waals surface area contributed by atoms with Gasteiger partial charge >= 0.3 is 0 Å². The fraction of sp³-hybridized carbons (Fsp3) is 0.500. The number of pyridine rings is 1. The molecule has 1 aliphatic rings. The van der Waals surface area contributed by atoms with Gasteiger partial charge in [-0.25, -0.2) is 4.98 Å². The predicted molar refractivity (Wildman–Crippen MR) is 70.2 cm³/mol. The molecule has 1 N–H and O–H groups in total. The molecule has 0 aliphatic heterocycles. The Labute approximate surface area is 115 Å². The van der Waals surface area contributed by atoms with E-state index in [0.29, 0.717) is 5.92 Å². The zero-order chi connectivity index (χ0) is 14.0. The number of nitrogens with zero attached hydrogens (tertiary/aromatic N) is 2. The zero-order valence-corrected chi connectivity index (χ0v) is 11.2. The van der Waals surface area contributed by atoms with Crippen molar-refractivity contribution in [1.82, 2.24) is 10.3 Å². The van der Waals surface area contributed by atoms with E-state index < -0.39 is 10.8 Å². The van der Waals surface area contributed by atoms with Gasteiger partial charge in [-0.15, -0.1) is 0 Å². The zero-order valence-electron chi connectivity index (χ0n) is 10.4. The van der Waals surface area contributed by atoms with Crippen molar-refractivity contribution in [3.05, 3.63) is 33.1 Å².